The summed E-state index contributed by atoms with van der Waals surface area (Å²) < 4.78 is 38.6. The van der Waals surface area contributed by atoms with E-state index in [0.29, 0.717) is 36.3 Å². The van der Waals surface area contributed by atoms with Crippen molar-refractivity contribution in [3.63, 3.8) is 0 Å². The van der Waals surface area contributed by atoms with Crippen LogP contribution in [-0.4, -0.2) is 41.2 Å². The van der Waals surface area contributed by atoms with Crippen LogP contribution in [0.3, 0.4) is 0 Å². The highest BCUT2D eigenvalue weighted by Gasteiger charge is 2.59. The molecule has 2 fully saturated rings. The Labute approximate surface area is 169 Å². The number of hydrogen-bond donors (Lipinski definition) is 0. The average Bonchev–Trinajstić information content (AvgIpc) is 3.05. The fraction of sp³-hybridized carbons (Fsp3) is 0.450. The third-order valence-corrected chi connectivity index (χ3v) is 8.38. The molecule has 0 unspecified atom stereocenters. The maximum Gasteiger partial charge on any atom is 0.248 e. The maximum absolute atomic E-state index is 13.0. The molecule has 9 heteroatoms. The van der Waals surface area contributed by atoms with E-state index >= 15 is 0 Å². The third kappa shape index (κ3) is 3.00. The lowest BCUT2D eigenvalue weighted by Crippen LogP contribution is -2.39. The van der Waals surface area contributed by atoms with E-state index in [9.17, 15) is 8.42 Å². The first kappa shape index (κ1) is 18.5. The first-order chi connectivity index (χ1) is 13.9. The van der Waals surface area contributed by atoms with E-state index < -0.39 is 10.0 Å². The summed E-state index contributed by atoms with van der Waals surface area (Å²) in [5, 5.41) is 12.2. The summed E-state index contributed by atoms with van der Waals surface area (Å²) in [5.74, 6) is 1.73. The standard InChI is InChI=1S/C20H22N4O4S/c1-13-17(14(2)28-23-13)29(25,26)24-10-8-20(9-11-24)12-16(20)19-22-21-18(27-19)15-6-4-3-5-7-15/h3-7,16H,8-12H2,1-2H3/t16-/m0/s1. The lowest BCUT2D eigenvalue weighted by Gasteiger charge is -2.31. The van der Waals surface area contributed by atoms with E-state index in [1.165, 1.54) is 0 Å². The Kier molecular flexibility index (Phi) is 4.15. The van der Waals surface area contributed by atoms with Crippen molar-refractivity contribution in [2.75, 3.05) is 13.1 Å². The SMILES string of the molecule is Cc1noc(C)c1S(=O)(=O)N1CCC2(CC1)C[C@H]2c1nnc(-c2ccccc2)o1. The van der Waals surface area contributed by atoms with Gasteiger partial charge in [0.05, 0.1) is 0 Å². The van der Waals surface area contributed by atoms with Crippen LogP contribution >= 0.6 is 0 Å². The molecule has 1 atom stereocenters. The van der Waals surface area contributed by atoms with Gasteiger partial charge in [0.2, 0.25) is 21.8 Å². The molecule has 5 rings (SSSR count). The number of nitrogens with zero attached hydrogens (tertiary/aromatic N) is 4. The Hall–Kier alpha value is -2.52. The molecule has 1 spiro atoms. The molecule has 29 heavy (non-hydrogen) atoms. The van der Waals surface area contributed by atoms with Gasteiger partial charge in [0.25, 0.3) is 0 Å². The Balaban J connectivity index is 1.29. The molecular weight excluding hydrogens is 392 g/mol. The van der Waals surface area contributed by atoms with Crippen molar-refractivity contribution < 1.29 is 17.4 Å². The van der Waals surface area contributed by atoms with Gasteiger partial charge in [-0.25, -0.2) is 8.42 Å². The van der Waals surface area contributed by atoms with E-state index in [0.717, 1.165) is 24.8 Å². The highest BCUT2D eigenvalue weighted by Crippen LogP contribution is 2.64. The summed E-state index contributed by atoms with van der Waals surface area (Å²) in [7, 11) is -3.59. The van der Waals surface area contributed by atoms with Gasteiger partial charge in [0.1, 0.15) is 10.6 Å². The molecule has 0 radical (unpaired) electrons. The molecule has 2 aromatic heterocycles. The summed E-state index contributed by atoms with van der Waals surface area (Å²) >= 11 is 0. The second kappa shape index (κ2) is 6.50. The second-order valence-electron chi connectivity index (χ2n) is 7.99. The number of aryl methyl sites for hydroxylation is 2. The van der Waals surface area contributed by atoms with Crippen LogP contribution in [0.1, 0.15) is 42.5 Å². The molecule has 3 heterocycles. The molecule has 0 bridgehead atoms. The molecule has 0 N–H and O–H groups in total. The number of benzene rings is 1. The lowest BCUT2D eigenvalue weighted by molar-refractivity contribution is 0.246. The zero-order valence-corrected chi connectivity index (χ0v) is 17.1. The van der Waals surface area contributed by atoms with Crippen LogP contribution in [0.25, 0.3) is 11.5 Å². The van der Waals surface area contributed by atoms with E-state index in [2.05, 4.69) is 15.4 Å². The van der Waals surface area contributed by atoms with Crippen molar-refractivity contribution in [2.45, 2.75) is 43.9 Å². The number of piperidine rings is 1. The fourth-order valence-corrected chi connectivity index (χ4v) is 6.20. The number of rotatable bonds is 4. The van der Waals surface area contributed by atoms with Gasteiger partial charge in [0, 0.05) is 24.6 Å². The highest BCUT2D eigenvalue weighted by atomic mass is 32.2. The smallest absolute Gasteiger partial charge is 0.248 e. The first-order valence-corrected chi connectivity index (χ1v) is 11.2. The molecule has 152 valence electrons. The molecule has 8 nitrogen and oxygen atoms in total. The number of aromatic nitrogens is 3. The molecule has 1 saturated carbocycles. The predicted molar refractivity (Wildman–Crippen MR) is 103 cm³/mol. The number of sulfonamides is 1. The maximum atomic E-state index is 13.0. The number of hydrogen-bond acceptors (Lipinski definition) is 7. The second-order valence-corrected chi connectivity index (χ2v) is 9.86. The summed E-state index contributed by atoms with van der Waals surface area (Å²) in [6, 6.07) is 9.71. The van der Waals surface area contributed by atoms with Crippen molar-refractivity contribution in [2.24, 2.45) is 5.41 Å². The van der Waals surface area contributed by atoms with Gasteiger partial charge >= 0.3 is 0 Å². The molecular formula is C20H22N4O4S. The van der Waals surface area contributed by atoms with Gasteiger partial charge < -0.3 is 8.94 Å². The average molecular weight is 414 g/mol. The van der Waals surface area contributed by atoms with Gasteiger partial charge in [-0.3, -0.25) is 0 Å². The summed E-state index contributed by atoms with van der Waals surface area (Å²) in [6.07, 6.45) is 2.52. The van der Waals surface area contributed by atoms with Crippen molar-refractivity contribution in [1.82, 2.24) is 19.7 Å². The minimum absolute atomic E-state index is 0.0608. The summed E-state index contributed by atoms with van der Waals surface area (Å²) in [4.78, 5) is 0.199. The van der Waals surface area contributed by atoms with Gasteiger partial charge in [-0.05, 0) is 50.7 Å². The van der Waals surface area contributed by atoms with Crippen LogP contribution in [0.4, 0.5) is 0 Å². The van der Waals surface area contributed by atoms with Crippen LogP contribution in [-0.2, 0) is 10.0 Å². The molecule has 1 aromatic carbocycles. The summed E-state index contributed by atoms with van der Waals surface area (Å²) in [5.41, 5.74) is 1.37. The Bertz CT molecular complexity index is 1120. The molecule has 1 aliphatic carbocycles. The lowest BCUT2D eigenvalue weighted by atomic mass is 9.92. The zero-order valence-electron chi connectivity index (χ0n) is 16.3. The molecule has 2 aliphatic rings. The van der Waals surface area contributed by atoms with Crippen molar-refractivity contribution in [1.29, 1.82) is 0 Å². The van der Waals surface area contributed by atoms with E-state index in [-0.39, 0.29) is 16.2 Å². The Morgan fingerprint density at radius 1 is 1.10 bits per heavy atom. The van der Waals surface area contributed by atoms with Crippen LogP contribution < -0.4 is 0 Å². The highest BCUT2D eigenvalue weighted by molar-refractivity contribution is 7.89. The van der Waals surface area contributed by atoms with Crippen molar-refractivity contribution in [3.05, 3.63) is 47.7 Å². The van der Waals surface area contributed by atoms with Gasteiger partial charge in [-0.15, -0.1) is 10.2 Å². The molecule has 1 aliphatic heterocycles. The van der Waals surface area contributed by atoms with E-state index in [1.807, 2.05) is 30.3 Å². The minimum atomic E-state index is -3.59. The zero-order chi connectivity index (χ0) is 20.2. The van der Waals surface area contributed by atoms with Crippen molar-refractivity contribution in [3.8, 4) is 11.5 Å². The topological polar surface area (TPSA) is 102 Å². The Morgan fingerprint density at radius 3 is 2.48 bits per heavy atom. The van der Waals surface area contributed by atoms with Crippen molar-refractivity contribution >= 4 is 10.0 Å². The largest absolute Gasteiger partial charge is 0.420 e. The monoisotopic (exact) mass is 414 g/mol. The van der Waals surface area contributed by atoms with Gasteiger partial charge in [-0.2, -0.15) is 4.31 Å². The molecule has 3 aromatic rings. The quantitative estimate of drug-likeness (QED) is 0.645. The minimum Gasteiger partial charge on any atom is -0.420 e. The molecule has 1 saturated heterocycles. The van der Waals surface area contributed by atoms with E-state index in [1.54, 1.807) is 18.2 Å². The van der Waals surface area contributed by atoms with Gasteiger partial charge in [-0.1, -0.05) is 23.4 Å². The van der Waals surface area contributed by atoms with Crippen LogP contribution in [0.5, 0.6) is 0 Å². The van der Waals surface area contributed by atoms with Crippen LogP contribution in [0.2, 0.25) is 0 Å². The van der Waals surface area contributed by atoms with Crippen LogP contribution in [0, 0.1) is 19.3 Å². The third-order valence-electron chi connectivity index (χ3n) is 6.23. The normalized spacial score (nSPS) is 21.5. The Morgan fingerprint density at radius 2 is 1.83 bits per heavy atom. The predicted octanol–water partition coefficient (Wildman–Crippen LogP) is 3.30. The van der Waals surface area contributed by atoms with E-state index in [4.69, 9.17) is 8.94 Å². The first-order valence-electron chi connectivity index (χ1n) is 9.73. The summed E-state index contributed by atoms with van der Waals surface area (Å²) in [6.45, 7) is 4.24. The fourth-order valence-electron chi connectivity index (χ4n) is 4.47. The van der Waals surface area contributed by atoms with Gasteiger partial charge in [0.15, 0.2) is 5.76 Å². The van der Waals surface area contributed by atoms with Crippen LogP contribution in [0.15, 0.2) is 44.2 Å². The molecule has 0 amide bonds.